The fraction of sp³-hybridized carbons (Fsp3) is 0.407. The van der Waals surface area contributed by atoms with Crippen molar-refractivity contribution in [3.63, 3.8) is 0 Å². The van der Waals surface area contributed by atoms with E-state index in [1.165, 1.54) is 21.3 Å². The van der Waals surface area contributed by atoms with Crippen LogP contribution < -0.4 is 19.9 Å². The second-order valence-corrected chi connectivity index (χ2v) is 12.5. The summed E-state index contributed by atoms with van der Waals surface area (Å²) in [5.74, 6) is 0.0828. The molecule has 0 amide bonds. The number of hydrogen-bond acceptors (Lipinski definition) is 9. The number of rotatable bonds is 9. The van der Waals surface area contributed by atoms with E-state index < -0.39 is 26.8 Å². The Balaban J connectivity index is 1.32. The van der Waals surface area contributed by atoms with E-state index in [9.17, 15) is 28.4 Å². The van der Waals surface area contributed by atoms with Crippen molar-refractivity contribution >= 4 is 33.2 Å². The van der Waals surface area contributed by atoms with Crippen LogP contribution in [-0.4, -0.2) is 70.9 Å². The van der Waals surface area contributed by atoms with Gasteiger partial charge in [-0.05, 0) is 43.5 Å². The molecule has 2 atom stereocenters. The molecule has 1 saturated heterocycles. The Bertz CT molecular complexity index is 1640. The molecule has 1 aromatic heterocycles. The van der Waals surface area contributed by atoms with E-state index in [0.29, 0.717) is 46.8 Å². The van der Waals surface area contributed by atoms with Gasteiger partial charge >= 0.3 is 5.56 Å². The first-order chi connectivity index (χ1) is 20.0. The third kappa shape index (κ3) is 6.57. The molecule has 13 nitrogen and oxygen atoms in total. The molecule has 2 aliphatic rings. The molecule has 2 N–H and O–H groups in total. The molecule has 0 radical (unpaired) electrons. The number of halogens is 1. The van der Waals surface area contributed by atoms with Crippen molar-refractivity contribution in [1.82, 2.24) is 18.8 Å². The summed E-state index contributed by atoms with van der Waals surface area (Å²) in [6.45, 7) is 2.31. The van der Waals surface area contributed by atoms with Crippen molar-refractivity contribution in [2.24, 2.45) is 0 Å². The molecule has 1 saturated carbocycles. The number of ether oxygens (including phenoxy) is 1. The minimum Gasteiger partial charge on any atom is -0.483 e. The number of hydrogen-bond donors (Lipinski definition) is 2. The maximum absolute atomic E-state index is 13.6. The van der Waals surface area contributed by atoms with E-state index in [2.05, 4.69) is 9.82 Å². The van der Waals surface area contributed by atoms with Crippen LogP contribution in [0, 0.1) is 17.0 Å². The summed E-state index contributed by atoms with van der Waals surface area (Å²) in [6.07, 6.45) is 2.26. The standard InChI is InChI=1S/C27H31ClN6O7S/c1-18-5-6-19(13-24(18)34(37)38)16-30-42(39,40)32-11-9-31(10-12-32)25-17-29-33(21-4-2-3-20(28)14-21)27(36)26(25)41-23-8-7-22(35)15-23/h2-6,13-14,17,22-23,30,35H,7-12,15-16H2,1H3. The normalized spacial score (nSPS) is 19.6. The Labute approximate surface area is 247 Å². The van der Waals surface area contributed by atoms with Gasteiger partial charge < -0.3 is 14.7 Å². The number of piperazine rings is 1. The fourth-order valence-corrected chi connectivity index (χ4v) is 6.51. The molecular formula is C27H31ClN6O7S. The van der Waals surface area contributed by atoms with Gasteiger partial charge in [-0.25, -0.2) is 0 Å². The van der Waals surface area contributed by atoms with Crippen LogP contribution in [0.15, 0.2) is 53.5 Å². The predicted octanol–water partition coefficient (Wildman–Crippen LogP) is 2.55. The number of anilines is 1. The molecule has 2 unspecified atom stereocenters. The summed E-state index contributed by atoms with van der Waals surface area (Å²) >= 11 is 6.13. The van der Waals surface area contributed by atoms with Crippen molar-refractivity contribution in [2.75, 3.05) is 31.1 Å². The highest BCUT2D eigenvalue weighted by molar-refractivity contribution is 7.87. The lowest BCUT2D eigenvalue weighted by Gasteiger charge is -2.35. The van der Waals surface area contributed by atoms with Crippen LogP contribution in [0.4, 0.5) is 11.4 Å². The number of aliphatic hydroxyl groups is 1. The van der Waals surface area contributed by atoms with Crippen LogP contribution in [0.5, 0.6) is 5.75 Å². The van der Waals surface area contributed by atoms with E-state index in [4.69, 9.17) is 16.3 Å². The van der Waals surface area contributed by atoms with E-state index in [0.717, 1.165) is 0 Å². The largest absolute Gasteiger partial charge is 0.483 e. The maximum atomic E-state index is 13.6. The number of nitrogens with zero attached hydrogens (tertiary/aromatic N) is 5. The number of aliphatic hydroxyl groups excluding tert-OH is 1. The fourth-order valence-electron chi connectivity index (χ4n) is 5.15. The van der Waals surface area contributed by atoms with Gasteiger partial charge in [-0.3, -0.25) is 14.9 Å². The van der Waals surface area contributed by atoms with Crippen LogP contribution in [0.3, 0.4) is 0 Å². The van der Waals surface area contributed by atoms with Crippen molar-refractivity contribution in [3.05, 3.63) is 85.3 Å². The van der Waals surface area contributed by atoms with Gasteiger partial charge in [0.05, 0.1) is 22.9 Å². The summed E-state index contributed by atoms with van der Waals surface area (Å²) in [7, 11) is -3.89. The number of nitro benzene ring substituents is 1. The SMILES string of the molecule is Cc1ccc(CNS(=O)(=O)N2CCN(c3cnn(-c4cccc(Cl)c4)c(=O)c3OC3CCC(O)C3)CC2)cc1[N+](=O)[O-]. The highest BCUT2D eigenvalue weighted by Gasteiger charge is 2.31. The number of nitro groups is 1. The van der Waals surface area contributed by atoms with E-state index in [-0.39, 0.29) is 50.3 Å². The van der Waals surface area contributed by atoms with E-state index >= 15 is 0 Å². The summed E-state index contributed by atoms with van der Waals surface area (Å²) in [4.78, 5) is 26.2. The van der Waals surface area contributed by atoms with Crippen LogP contribution in [-0.2, 0) is 16.8 Å². The van der Waals surface area contributed by atoms with E-state index in [1.54, 1.807) is 43.3 Å². The molecule has 1 aliphatic heterocycles. The lowest BCUT2D eigenvalue weighted by molar-refractivity contribution is -0.385. The van der Waals surface area contributed by atoms with Gasteiger partial charge in [0.25, 0.3) is 15.9 Å². The van der Waals surface area contributed by atoms with Crippen LogP contribution in [0.1, 0.15) is 30.4 Å². The zero-order valence-electron chi connectivity index (χ0n) is 22.8. The molecular weight excluding hydrogens is 588 g/mol. The molecule has 5 rings (SSSR count). The van der Waals surface area contributed by atoms with Crippen molar-refractivity contribution < 1.29 is 23.2 Å². The molecule has 2 fully saturated rings. The first-order valence-corrected chi connectivity index (χ1v) is 15.3. The third-order valence-electron chi connectivity index (χ3n) is 7.46. The zero-order chi connectivity index (χ0) is 30.0. The molecule has 224 valence electrons. The van der Waals surface area contributed by atoms with Gasteiger partial charge in [-0.15, -0.1) is 0 Å². The Hall–Kier alpha value is -3.56. The summed E-state index contributed by atoms with van der Waals surface area (Å²) in [6, 6.07) is 11.3. The molecule has 15 heteroatoms. The van der Waals surface area contributed by atoms with E-state index in [1.807, 2.05) is 4.90 Å². The van der Waals surface area contributed by atoms with Gasteiger partial charge in [0, 0.05) is 55.8 Å². The summed E-state index contributed by atoms with van der Waals surface area (Å²) in [5.41, 5.74) is 1.31. The van der Waals surface area contributed by atoms with Crippen LogP contribution in [0.25, 0.3) is 5.69 Å². The van der Waals surface area contributed by atoms with Crippen LogP contribution in [0.2, 0.25) is 5.02 Å². The Morgan fingerprint density at radius 2 is 1.93 bits per heavy atom. The summed E-state index contributed by atoms with van der Waals surface area (Å²) < 4.78 is 37.3. The van der Waals surface area contributed by atoms with Gasteiger partial charge in [0.1, 0.15) is 11.8 Å². The van der Waals surface area contributed by atoms with Crippen molar-refractivity contribution in [2.45, 2.75) is 44.9 Å². The molecule has 2 aromatic carbocycles. The monoisotopic (exact) mass is 618 g/mol. The smallest absolute Gasteiger partial charge is 0.316 e. The lowest BCUT2D eigenvalue weighted by atomic mass is 10.1. The molecule has 0 spiro atoms. The predicted molar refractivity (Wildman–Crippen MR) is 156 cm³/mol. The van der Waals surface area contributed by atoms with Gasteiger partial charge in [-0.1, -0.05) is 29.8 Å². The minimum absolute atomic E-state index is 0.0728. The average Bonchev–Trinajstić information content (AvgIpc) is 3.38. The highest BCUT2D eigenvalue weighted by atomic mass is 35.5. The Morgan fingerprint density at radius 3 is 2.60 bits per heavy atom. The zero-order valence-corrected chi connectivity index (χ0v) is 24.4. The Kier molecular flexibility index (Phi) is 8.80. The number of aromatic nitrogens is 2. The summed E-state index contributed by atoms with van der Waals surface area (Å²) in [5, 5.41) is 26.0. The second-order valence-electron chi connectivity index (χ2n) is 10.4. The number of nitrogens with one attached hydrogen (secondary N) is 1. The second kappa shape index (κ2) is 12.4. The molecule has 3 aromatic rings. The molecule has 1 aliphatic carbocycles. The van der Waals surface area contributed by atoms with Gasteiger partial charge in [0.15, 0.2) is 0 Å². The first-order valence-electron chi connectivity index (χ1n) is 13.5. The quantitative estimate of drug-likeness (QED) is 0.271. The van der Waals surface area contributed by atoms with Gasteiger partial charge in [0.2, 0.25) is 5.75 Å². The lowest BCUT2D eigenvalue weighted by Crippen LogP contribution is -2.52. The molecule has 2 heterocycles. The van der Waals surface area contributed by atoms with Gasteiger partial charge in [-0.2, -0.15) is 27.2 Å². The topological polar surface area (TPSA) is 160 Å². The highest BCUT2D eigenvalue weighted by Crippen LogP contribution is 2.31. The maximum Gasteiger partial charge on any atom is 0.316 e. The molecule has 0 bridgehead atoms. The third-order valence-corrected chi connectivity index (χ3v) is 9.25. The minimum atomic E-state index is -3.89. The molecule has 42 heavy (non-hydrogen) atoms. The van der Waals surface area contributed by atoms with Crippen molar-refractivity contribution in [3.8, 4) is 11.4 Å². The number of benzene rings is 2. The first kappa shape index (κ1) is 29.9. The number of aryl methyl sites for hydroxylation is 1. The van der Waals surface area contributed by atoms with Crippen molar-refractivity contribution in [1.29, 1.82) is 0 Å². The Morgan fingerprint density at radius 1 is 1.17 bits per heavy atom. The van der Waals surface area contributed by atoms with Crippen LogP contribution >= 0.6 is 11.6 Å². The average molecular weight is 619 g/mol.